The predicted molar refractivity (Wildman–Crippen MR) is 90.2 cm³/mol. The monoisotopic (exact) mass is 327 g/mol. The normalized spacial score (nSPS) is 32.1. The van der Waals surface area contributed by atoms with Gasteiger partial charge in [0.2, 0.25) is 5.91 Å². The first-order chi connectivity index (χ1) is 11.1. The Kier molecular flexibility index (Phi) is 7.76. The molecule has 2 saturated heterocycles. The molecule has 3 N–H and O–H groups in total. The van der Waals surface area contributed by atoms with Crippen LogP contribution in [-0.4, -0.2) is 68.4 Å². The van der Waals surface area contributed by atoms with Crippen molar-refractivity contribution in [3.05, 3.63) is 0 Å². The summed E-state index contributed by atoms with van der Waals surface area (Å²) in [5.74, 6) is 0.508. The molecule has 0 aromatic rings. The van der Waals surface area contributed by atoms with Crippen LogP contribution in [0.1, 0.15) is 39.5 Å². The Morgan fingerprint density at radius 3 is 2.87 bits per heavy atom. The second-order valence-corrected chi connectivity index (χ2v) is 6.79. The number of hydrogen-bond donors (Lipinski definition) is 2. The second-order valence-electron chi connectivity index (χ2n) is 6.79. The summed E-state index contributed by atoms with van der Waals surface area (Å²) < 4.78 is 11.1. The number of carbonyl (C=O) groups is 1. The summed E-state index contributed by atoms with van der Waals surface area (Å²) in [4.78, 5) is 14.8. The molecule has 6 nitrogen and oxygen atoms in total. The predicted octanol–water partition coefficient (Wildman–Crippen LogP) is 0.746. The fourth-order valence-electron chi connectivity index (χ4n) is 3.53. The number of carbonyl (C=O) groups excluding carboxylic acids is 1. The molecule has 2 rings (SSSR count). The lowest BCUT2D eigenvalue weighted by atomic mass is 9.93. The average Bonchev–Trinajstić information content (AvgIpc) is 3.03. The van der Waals surface area contributed by atoms with Crippen LogP contribution in [-0.2, 0) is 14.3 Å². The van der Waals surface area contributed by atoms with Crippen LogP contribution in [0.5, 0.6) is 0 Å². The van der Waals surface area contributed by atoms with E-state index in [1.165, 1.54) is 0 Å². The third-order valence-corrected chi connectivity index (χ3v) is 4.95. The Balaban J connectivity index is 1.68. The molecule has 6 heteroatoms. The highest BCUT2D eigenvalue weighted by molar-refractivity contribution is 5.81. The van der Waals surface area contributed by atoms with E-state index in [1.807, 2.05) is 6.92 Å². The summed E-state index contributed by atoms with van der Waals surface area (Å²) in [5, 5.41) is 3.20. The number of nitrogens with one attached hydrogen (secondary N) is 1. The zero-order valence-corrected chi connectivity index (χ0v) is 14.6. The number of nitrogens with zero attached hydrogens (tertiary/aromatic N) is 1. The number of rotatable bonds is 8. The molecule has 23 heavy (non-hydrogen) atoms. The molecule has 4 atom stereocenters. The highest BCUT2D eigenvalue weighted by atomic mass is 16.5. The Morgan fingerprint density at radius 2 is 2.22 bits per heavy atom. The third kappa shape index (κ3) is 5.71. The molecule has 0 spiro atoms. The van der Waals surface area contributed by atoms with E-state index in [1.54, 1.807) is 0 Å². The standard InChI is InChI=1S/C17H33N3O3/c1-3-22-10-4-8-20-9-7-15(13(2)12-20)19-17(21)16-6-5-14(11-18)23-16/h13-16H,3-12,18H2,1-2H3,(H,19,21)/t13?,14-,15?,16+/m1/s1. The van der Waals surface area contributed by atoms with Gasteiger partial charge in [0.15, 0.2) is 0 Å². The molecule has 1 amide bonds. The van der Waals surface area contributed by atoms with Crippen molar-refractivity contribution in [2.45, 2.75) is 57.8 Å². The van der Waals surface area contributed by atoms with E-state index in [2.05, 4.69) is 17.1 Å². The van der Waals surface area contributed by atoms with Crippen molar-refractivity contribution in [3.8, 4) is 0 Å². The molecule has 2 heterocycles. The highest BCUT2D eigenvalue weighted by Crippen LogP contribution is 2.21. The lowest BCUT2D eigenvalue weighted by Crippen LogP contribution is -2.52. The van der Waals surface area contributed by atoms with Crippen LogP contribution >= 0.6 is 0 Å². The van der Waals surface area contributed by atoms with Gasteiger partial charge in [0.05, 0.1) is 6.10 Å². The summed E-state index contributed by atoms with van der Waals surface area (Å²) in [6.45, 7) is 9.53. The van der Waals surface area contributed by atoms with Crippen LogP contribution in [0.3, 0.4) is 0 Å². The van der Waals surface area contributed by atoms with Gasteiger partial charge in [-0.2, -0.15) is 0 Å². The minimum absolute atomic E-state index is 0.0441. The minimum Gasteiger partial charge on any atom is -0.382 e. The van der Waals surface area contributed by atoms with E-state index < -0.39 is 0 Å². The van der Waals surface area contributed by atoms with Gasteiger partial charge in [0.25, 0.3) is 0 Å². The molecule has 0 aromatic heterocycles. The van der Waals surface area contributed by atoms with E-state index in [0.717, 1.165) is 58.5 Å². The molecule has 2 fully saturated rings. The lowest BCUT2D eigenvalue weighted by Gasteiger charge is -2.37. The average molecular weight is 327 g/mol. The zero-order valence-electron chi connectivity index (χ0n) is 14.6. The number of piperidine rings is 1. The molecular formula is C17H33N3O3. The second kappa shape index (κ2) is 9.57. The van der Waals surface area contributed by atoms with E-state index in [9.17, 15) is 4.79 Å². The van der Waals surface area contributed by atoms with Gasteiger partial charge in [-0.15, -0.1) is 0 Å². The molecule has 2 aliphatic heterocycles. The van der Waals surface area contributed by atoms with Crippen LogP contribution in [0.4, 0.5) is 0 Å². The maximum absolute atomic E-state index is 12.3. The Bertz CT molecular complexity index is 367. The van der Waals surface area contributed by atoms with Crippen molar-refractivity contribution < 1.29 is 14.3 Å². The topological polar surface area (TPSA) is 76.8 Å². The van der Waals surface area contributed by atoms with Gasteiger partial charge in [-0.1, -0.05) is 6.92 Å². The smallest absolute Gasteiger partial charge is 0.249 e. The van der Waals surface area contributed by atoms with E-state index in [0.29, 0.717) is 12.5 Å². The molecule has 2 aliphatic rings. The molecule has 0 radical (unpaired) electrons. The van der Waals surface area contributed by atoms with E-state index in [-0.39, 0.29) is 24.2 Å². The van der Waals surface area contributed by atoms with Gasteiger partial charge in [-0.25, -0.2) is 0 Å². The van der Waals surface area contributed by atoms with Crippen molar-refractivity contribution in [2.24, 2.45) is 11.7 Å². The van der Waals surface area contributed by atoms with Gasteiger partial charge in [0.1, 0.15) is 6.10 Å². The number of nitrogens with two attached hydrogens (primary N) is 1. The molecule has 134 valence electrons. The molecular weight excluding hydrogens is 294 g/mol. The fourth-order valence-corrected chi connectivity index (χ4v) is 3.53. The van der Waals surface area contributed by atoms with Gasteiger partial charge in [0, 0.05) is 45.4 Å². The molecule has 2 unspecified atom stereocenters. The van der Waals surface area contributed by atoms with Crippen molar-refractivity contribution in [1.82, 2.24) is 10.2 Å². The highest BCUT2D eigenvalue weighted by Gasteiger charge is 2.33. The SMILES string of the molecule is CCOCCCN1CCC(NC(=O)[C@@H]2CC[C@H](CN)O2)C(C)C1. The van der Waals surface area contributed by atoms with Crippen LogP contribution in [0.25, 0.3) is 0 Å². The Morgan fingerprint density at radius 1 is 1.39 bits per heavy atom. The lowest BCUT2D eigenvalue weighted by molar-refractivity contribution is -0.133. The van der Waals surface area contributed by atoms with Crippen LogP contribution in [0.2, 0.25) is 0 Å². The fraction of sp³-hybridized carbons (Fsp3) is 0.941. The number of likely N-dealkylation sites (tertiary alicyclic amines) is 1. The summed E-state index contributed by atoms with van der Waals surface area (Å²) in [6.07, 6.45) is 3.51. The number of ether oxygens (including phenoxy) is 2. The van der Waals surface area contributed by atoms with Crippen molar-refractivity contribution in [3.63, 3.8) is 0 Å². The molecule has 0 bridgehead atoms. The summed E-state index contributed by atoms with van der Waals surface area (Å²) >= 11 is 0. The molecule has 0 aliphatic carbocycles. The minimum atomic E-state index is -0.306. The molecule has 0 aromatic carbocycles. The van der Waals surface area contributed by atoms with Crippen molar-refractivity contribution >= 4 is 5.91 Å². The van der Waals surface area contributed by atoms with Crippen molar-refractivity contribution in [2.75, 3.05) is 39.4 Å². The first-order valence-corrected chi connectivity index (χ1v) is 9.10. The van der Waals surface area contributed by atoms with Crippen molar-refractivity contribution in [1.29, 1.82) is 0 Å². The van der Waals surface area contributed by atoms with Crippen LogP contribution in [0, 0.1) is 5.92 Å². The Labute approximate surface area is 140 Å². The molecule has 0 saturated carbocycles. The van der Waals surface area contributed by atoms with Gasteiger partial charge >= 0.3 is 0 Å². The number of amides is 1. The third-order valence-electron chi connectivity index (χ3n) is 4.95. The van der Waals surface area contributed by atoms with E-state index in [4.69, 9.17) is 15.2 Å². The van der Waals surface area contributed by atoms with Crippen LogP contribution in [0.15, 0.2) is 0 Å². The van der Waals surface area contributed by atoms with Crippen LogP contribution < -0.4 is 11.1 Å². The Hall–Kier alpha value is -0.690. The summed E-state index contributed by atoms with van der Waals surface area (Å²) in [7, 11) is 0. The van der Waals surface area contributed by atoms with Gasteiger partial charge in [-0.05, 0) is 38.5 Å². The summed E-state index contributed by atoms with van der Waals surface area (Å²) in [6, 6.07) is 0.256. The maximum atomic E-state index is 12.3. The summed E-state index contributed by atoms with van der Waals surface area (Å²) in [5.41, 5.74) is 5.61. The first kappa shape index (κ1) is 18.6. The van der Waals surface area contributed by atoms with E-state index >= 15 is 0 Å². The zero-order chi connectivity index (χ0) is 16.7. The van der Waals surface area contributed by atoms with Gasteiger partial charge in [-0.3, -0.25) is 4.79 Å². The van der Waals surface area contributed by atoms with Gasteiger partial charge < -0.3 is 25.4 Å². The maximum Gasteiger partial charge on any atom is 0.249 e. The number of hydrogen-bond acceptors (Lipinski definition) is 5. The first-order valence-electron chi connectivity index (χ1n) is 9.10. The largest absolute Gasteiger partial charge is 0.382 e. The quantitative estimate of drug-likeness (QED) is 0.643.